The molecule has 0 aliphatic carbocycles. The monoisotopic (exact) mass is 290 g/mol. The lowest BCUT2D eigenvalue weighted by Crippen LogP contribution is -2.52. The second-order valence-electron chi connectivity index (χ2n) is 6.24. The molecule has 4 heteroatoms. The SMILES string of the molecule is Cc1cc(C)cc(N[C@@H](C)C(=O)N2C[C@@H](C)O[C@@H](C)C2)c1. The van der Waals surface area contributed by atoms with Gasteiger partial charge >= 0.3 is 0 Å². The summed E-state index contributed by atoms with van der Waals surface area (Å²) in [5.74, 6) is 0.135. The Balaban J connectivity index is 2.02. The van der Waals surface area contributed by atoms with E-state index in [1.807, 2.05) is 25.7 Å². The quantitative estimate of drug-likeness (QED) is 0.930. The predicted octanol–water partition coefficient (Wildman–Crippen LogP) is 2.74. The Bertz CT molecular complexity index is 485. The molecule has 4 nitrogen and oxygen atoms in total. The first-order valence-electron chi connectivity index (χ1n) is 7.64. The van der Waals surface area contributed by atoms with Crippen LogP contribution < -0.4 is 5.32 Å². The first-order chi connectivity index (χ1) is 9.85. The van der Waals surface area contributed by atoms with E-state index in [2.05, 4.69) is 37.4 Å². The highest BCUT2D eigenvalue weighted by molar-refractivity contribution is 5.84. The van der Waals surface area contributed by atoms with Gasteiger partial charge in [-0.1, -0.05) is 6.07 Å². The summed E-state index contributed by atoms with van der Waals surface area (Å²) in [6.07, 6.45) is 0.206. The Hall–Kier alpha value is -1.55. The molecule has 0 radical (unpaired) electrons. The molecule has 1 aliphatic rings. The van der Waals surface area contributed by atoms with Crippen molar-refractivity contribution in [3.63, 3.8) is 0 Å². The molecule has 116 valence electrons. The molecule has 0 spiro atoms. The molecule has 0 bridgehead atoms. The number of nitrogens with one attached hydrogen (secondary N) is 1. The maximum absolute atomic E-state index is 12.6. The Labute approximate surface area is 127 Å². The van der Waals surface area contributed by atoms with Crippen LogP contribution in [0.25, 0.3) is 0 Å². The van der Waals surface area contributed by atoms with E-state index in [-0.39, 0.29) is 24.2 Å². The second-order valence-corrected chi connectivity index (χ2v) is 6.24. The van der Waals surface area contributed by atoms with Crippen molar-refractivity contribution in [1.29, 1.82) is 0 Å². The number of morpholine rings is 1. The van der Waals surface area contributed by atoms with Gasteiger partial charge in [-0.3, -0.25) is 4.79 Å². The fourth-order valence-electron chi connectivity index (χ4n) is 3.00. The van der Waals surface area contributed by atoms with Crippen LogP contribution in [-0.2, 0) is 9.53 Å². The van der Waals surface area contributed by atoms with Crippen LogP contribution in [0.2, 0.25) is 0 Å². The summed E-state index contributed by atoms with van der Waals surface area (Å²) in [7, 11) is 0. The van der Waals surface area contributed by atoms with Gasteiger partial charge in [0.25, 0.3) is 0 Å². The Morgan fingerprint density at radius 1 is 1.19 bits per heavy atom. The van der Waals surface area contributed by atoms with E-state index in [0.29, 0.717) is 13.1 Å². The highest BCUT2D eigenvalue weighted by atomic mass is 16.5. The van der Waals surface area contributed by atoms with Gasteiger partial charge in [-0.2, -0.15) is 0 Å². The van der Waals surface area contributed by atoms with Crippen LogP contribution in [0, 0.1) is 13.8 Å². The van der Waals surface area contributed by atoms with Gasteiger partial charge in [0.15, 0.2) is 0 Å². The maximum Gasteiger partial charge on any atom is 0.244 e. The number of anilines is 1. The number of carbonyl (C=O) groups excluding carboxylic acids is 1. The predicted molar refractivity (Wildman–Crippen MR) is 85.6 cm³/mol. The molecule has 3 atom stereocenters. The molecule has 1 fully saturated rings. The number of ether oxygens (including phenoxy) is 1. The van der Waals surface area contributed by atoms with Crippen molar-refractivity contribution >= 4 is 11.6 Å². The van der Waals surface area contributed by atoms with E-state index in [4.69, 9.17) is 4.74 Å². The van der Waals surface area contributed by atoms with Crippen molar-refractivity contribution in [2.24, 2.45) is 0 Å². The fraction of sp³-hybridized carbons (Fsp3) is 0.588. The summed E-state index contributed by atoms with van der Waals surface area (Å²) in [6, 6.07) is 6.04. The lowest BCUT2D eigenvalue weighted by atomic mass is 10.1. The second kappa shape index (κ2) is 6.48. The van der Waals surface area contributed by atoms with E-state index in [9.17, 15) is 4.79 Å². The molecule has 1 aromatic carbocycles. The van der Waals surface area contributed by atoms with Crippen LogP contribution in [0.15, 0.2) is 18.2 Å². The summed E-state index contributed by atoms with van der Waals surface area (Å²) in [5.41, 5.74) is 3.40. The standard InChI is InChI=1S/C17H26N2O2/c1-11-6-12(2)8-16(7-11)18-15(5)17(20)19-9-13(3)21-14(4)10-19/h6-8,13-15,18H,9-10H2,1-5H3/t13-,14+,15-/m0/s1. The number of hydrogen-bond acceptors (Lipinski definition) is 3. The minimum atomic E-state index is -0.233. The Kier molecular flexibility index (Phi) is 4.88. The third-order valence-electron chi connectivity index (χ3n) is 3.71. The topological polar surface area (TPSA) is 41.6 Å². The minimum Gasteiger partial charge on any atom is -0.374 e. The van der Waals surface area contributed by atoms with Gasteiger partial charge in [-0.25, -0.2) is 0 Å². The smallest absolute Gasteiger partial charge is 0.244 e. The zero-order chi connectivity index (χ0) is 15.6. The zero-order valence-corrected chi connectivity index (χ0v) is 13.6. The van der Waals surface area contributed by atoms with Crippen molar-refractivity contribution in [2.45, 2.75) is 52.9 Å². The highest BCUT2D eigenvalue weighted by Crippen LogP contribution is 2.17. The average molecular weight is 290 g/mol. The third kappa shape index (κ3) is 4.21. The lowest BCUT2D eigenvalue weighted by Gasteiger charge is -2.36. The molecule has 2 rings (SSSR count). The lowest BCUT2D eigenvalue weighted by molar-refractivity contribution is -0.143. The first kappa shape index (κ1) is 15.8. The zero-order valence-electron chi connectivity index (χ0n) is 13.6. The van der Waals surface area contributed by atoms with Gasteiger partial charge in [0.2, 0.25) is 5.91 Å². The Morgan fingerprint density at radius 2 is 1.71 bits per heavy atom. The van der Waals surface area contributed by atoms with E-state index in [1.165, 1.54) is 11.1 Å². The molecular weight excluding hydrogens is 264 g/mol. The van der Waals surface area contributed by atoms with Gasteiger partial charge in [0, 0.05) is 18.8 Å². The van der Waals surface area contributed by atoms with Gasteiger partial charge in [-0.05, 0) is 57.9 Å². The number of amides is 1. The van der Waals surface area contributed by atoms with Gasteiger partial charge < -0.3 is 15.0 Å². The third-order valence-corrected chi connectivity index (χ3v) is 3.71. The highest BCUT2D eigenvalue weighted by Gasteiger charge is 2.28. The van der Waals surface area contributed by atoms with E-state index < -0.39 is 0 Å². The van der Waals surface area contributed by atoms with Crippen LogP contribution >= 0.6 is 0 Å². The van der Waals surface area contributed by atoms with Crippen LogP contribution in [0.1, 0.15) is 31.9 Å². The van der Waals surface area contributed by atoms with E-state index in [1.54, 1.807) is 0 Å². The minimum absolute atomic E-state index is 0.103. The van der Waals surface area contributed by atoms with Gasteiger partial charge in [0.1, 0.15) is 6.04 Å². The summed E-state index contributed by atoms with van der Waals surface area (Å²) in [5, 5.41) is 3.32. The van der Waals surface area contributed by atoms with Gasteiger partial charge in [-0.15, -0.1) is 0 Å². The molecule has 1 saturated heterocycles. The molecule has 1 aliphatic heterocycles. The number of rotatable bonds is 3. The summed E-state index contributed by atoms with van der Waals surface area (Å²) in [4.78, 5) is 14.5. The fourth-order valence-corrected chi connectivity index (χ4v) is 3.00. The van der Waals surface area contributed by atoms with E-state index >= 15 is 0 Å². The molecular formula is C17H26N2O2. The number of carbonyl (C=O) groups is 1. The first-order valence-corrected chi connectivity index (χ1v) is 7.64. The van der Waals surface area contributed by atoms with Gasteiger partial charge in [0.05, 0.1) is 12.2 Å². The van der Waals surface area contributed by atoms with Crippen molar-refractivity contribution in [1.82, 2.24) is 4.90 Å². The van der Waals surface area contributed by atoms with Crippen molar-refractivity contribution in [2.75, 3.05) is 18.4 Å². The van der Waals surface area contributed by atoms with Crippen molar-refractivity contribution < 1.29 is 9.53 Å². The van der Waals surface area contributed by atoms with Crippen LogP contribution in [-0.4, -0.2) is 42.1 Å². The number of hydrogen-bond donors (Lipinski definition) is 1. The summed E-state index contributed by atoms with van der Waals surface area (Å²) >= 11 is 0. The average Bonchev–Trinajstić information content (AvgIpc) is 2.35. The van der Waals surface area contributed by atoms with Crippen molar-refractivity contribution in [3.05, 3.63) is 29.3 Å². The largest absolute Gasteiger partial charge is 0.374 e. The number of nitrogens with zero attached hydrogens (tertiary/aromatic N) is 1. The van der Waals surface area contributed by atoms with Crippen LogP contribution in [0.5, 0.6) is 0 Å². The molecule has 1 aromatic rings. The summed E-state index contributed by atoms with van der Waals surface area (Å²) in [6.45, 7) is 11.4. The van der Waals surface area contributed by atoms with Crippen LogP contribution in [0.4, 0.5) is 5.69 Å². The van der Waals surface area contributed by atoms with Crippen LogP contribution in [0.3, 0.4) is 0 Å². The molecule has 1 heterocycles. The molecule has 0 aromatic heterocycles. The maximum atomic E-state index is 12.6. The molecule has 1 amide bonds. The molecule has 0 saturated carbocycles. The number of benzene rings is 1. The normalized spacial score (nSPS) is 23.8. The van der Waals surface area contributed by atoms with E-state index in [0.717, 1.165) is 5.69 Å². The number of aryl methyl sites for hydroxylation is 2. The summed E-state index contributed by atoms with van der Waals surface area (Å²) < 4.78 is 5.68. The Morgan fingerprint density at radius 3 is 2.24 bits per heavy atom. The molecule has 1 N–H and O–H groups in total. The molecule has 21 heavy (non-hydrogen) atoms. The van der Waals surface area contributed by atoms with Crippen molar-refractivity contribution in [3.8, 4) is 0 Å². The molecule has 0 unspecified atom stereocenters.